The molecule has 118 valence electrons. The number of aromatic nitrogens is 2. The first-order valence-corrected chi connectivity index (χ1v) is 9.56. The van der Waals surface area contributed by atoms with Gasteiger partial charge in [-0.25, -0.2) is 8.42 Å². The number of anilines is 2. The fraction of sp³-hybridized carbons (Fsp3) is 0.429. The fourth-order valence-corrected chi connectivity index (χ4v) is 4.54. The fourth-order valence-electron chi connectivity index (χ4n) is 2.55. The van der Waals surface area contributed by atoms with Gasteiger partial charge in [0.05, 0.1) is 0 Å². The lowest BCUT2D eigenvalue weighted by Crippen LogP contribution is -2.34. The first kappa shape index (κ1) is 15.2. The van der Waals surface area contributed by atoms with Gasteiger partial charge in [0.2, 0.25) is 0 Å². The molecule has 0 bridgehead atoms. The van der Waals surface area contributed by atoms with Crippen molar-refractivity contribution in [3.05, 3.63) is 29.6 Å². The van der Waals surface area contributed by atoms with Crippen LogP contribution in [0.15, 0.2) is 33.9 Å². The summed E-state index contributed by atoms with van der Waals surface area (Å²) in [5, 5.41) is 9.87. The summed E-state index contributed by atoms with van der Waals surface area (Å²) in [6.45, 7) is 4.16. The van der Waals surface area contributed by atoms with Crippen LogP contribution in [-0.2, 0) is 10.0 Å². The first-order chi connectivity index (χ1) is 10.5. The molecule has 3 rings (SSSR count). The number of hydrogen-bond donors (Lipinski definition) is 1. The van der Waals surface area contributed by atoms with Gasteiger partial charge in [-0.1, -0.05) is 13.0 Å². The van der Waals surface area contributed by atoms with Crippen LogP contribution in [0.2, 0.25) is 0 Å². The highest BCUT2D eigenvalue weighted by molar-refractivity contribution is 7.94. The lowest BCUT2D eigenvalue weighted by atomic mass is 10.0. The zero-order valence-corrected chi connectivity index (χ0v) is 13.9. The highest BCUT2D eigenvalue weighted by Crippen LogP contribution is 2.22. The monoisotopic (exact) mass is 338 g/mol. The van der Waals surface area contributed by atoms with Crippen LogP contribution in [0.4, 0.5) is 11.6 Å². The summed E-state index contributed by atoms with van der Waals surface area (Å²) in [6.07, 6.45) is 2.39. The number of nitrogens with one attached hydrogen (secondary N) is 1. The van der Waals surface area contributed by atoms with Crippen LogP contribution >= 0.6 is 11.3 Å². The van der Waals surface area contributed by atoms with Gasteiger partial charge in [-0.15, -0.1) is 21.5 Å². The molecule has 0 spiro atoms. The standard InChI is InChI=1S/C14H18N4O2S2/c1-11-4-2-8-18(10-11)13-7-6-12(15-16-13)17-22(19,20)14-5-3-9-21-14/h3,5-7,9,11H,2,4,8,10H2,1H3,(H,15,17). The maximum absolute atomic E-state index is 12.1. The molecule has 2 aromatic rings. The number of sulfonamides is 1. The summed E-state index contributed by atoms with van der Waals surface area (Å²) >= 11 is 1.17. The topological polar surface area (TPSA) is 75.2 Å². The van der Waals surface area contributed by atoms with E-state index in [9.17, 15) is 8.42 Å². The molecule has 8 heteroatoms. The summed E-state index contributed by atoms with van der Waals surface area (Å²) in [7, 11) is -3.56. The molecule has 6 nitrogen and oxygen atoms in total. The molecule has 1 aliphatic heterocycles. The molecule has 1 fully saturated rings. The molecule has 1 aliphatic rings. The minimum absolute atomic E-state index is 0.238. The Labute approximate surface area is 134 Å². The minimum Gasteiger partial charge on any atom is -0.355 e. The van der Waals surface area contributed by atoms with Crippen LogP contribution in [0.1, 0.15) is 19.8 Å². The normalized spacial score (nSPS) is 19.1. The van der Waals surface area contributed by atoms with Gasteiger partial charge in [-0.2, -0.15) is 0 Å². The zero-order chi connectivity index (χ0) is 15.6. The first-order valence-electron chi connectivity index (χ1n) is 7.19. The number of thiophene rings is 1. The van der Waals surface area contributed by atoms with Crippen LogP contribution in [0.25, 0.3) is 0 Å². The molecular weight excluding hydrogens is 320 g/mol. The highest BCUT2D eigenvalue weighted by atomic mass is 32.2. The van der Waals surface area contributed by atoms with Gasteiger partial charge in [0.15, 0.2) is 11.6 Å². The van der Waals surface area contributed by atoms with E-state index in [1.54, 1.807) is 23.6 Å². The molecule has 0 aliphatic carbocycles. The quantitative estimate of drug-likeness (QED) is 0.927. The summed E-state index contributed by atoms with van der Waals surface area (Å²) in [4.78, 5) is 2.19. The third kappa shape index (κ3) is 3.38. The lowest BCUT2D eigenvalue weighted by molar-refractivity contribution is 0.444. The van der Waals surface area contributed by atoms with Crippen molar-refractivity contribution in [2.24, 2.45) is 5.92 Å². The zero-order valence-electron chi connectivity index (χ0n) is 12.3. The Hall–Kier alpha value is -1.67. The van der Waals surface area contributed by atoms with Crippen molar-refractivity contribution in [2.45, 2.75) is 24.0 Å². The maximum atomic E-state index is 12.1. The summed E-state index contributed by atoms with van der Waals surface area (Å²) in [6, 6.07) is 6.74. The Kier molecular flexibility index (Phi) is 4.30. The van der Waals surface area contributed by atoms with Crippen LogP contribution in [0, 0.1) is 5.92 Å². The summed E-state index contributed by atoms with van der Waals surface area (Å²) < 4.78 is 26.9. The average molecular weight is 338 g/mol. The Bertz CT molecular complexity index is 714. The third-order valence-corrected chi connectivity index (χ3v) is 6.38. The molecule has 1 unspecified atom stereocenters. The lowest BCUT2D eigenvalue weighted by Gasteiger charge is -2.31. The number of hydrogen-bond acceptors (Lipinski definition) is 6. The van der Waals surface area contributed by atoms with Crippen molar-refractivity contribution < 1.29 is 8.42 Å². The SMILES string of the molecule is CC1CCCN(c2ccc(NS(=O)(=O)c3cccs3)nn2)C1. The summed E-state index contributed by atoms with van der Waals surface area (Å²) in [5.41, 5.74) is 0. The van der Waals surface area contributed by atoms with Gasteiger partial charge in [0, 0.05) is 13.1 Å². The number of rotatable bonds is 4. The van der Waals surface area contributed by atoms with E-state index in [1.165, 1.54) is 17.8 Å². The van der Waals surface area contributed by atoms with Crippen molar-refractivity contribution in [3.8, 4) is 0 Å². The van der Waals surface area contributed by atoms with Gasteiger partial charge >= 0.3 is 0 Å². The molecular formula is C14H18N4O2S2. The van der Waals surface area contributed by atoms with Crippen molar-refractivity contribution in [1.29, 1.82) is 0 Å². The van der Waals surface area contributed by atoms with E-state index < -0.39 is 10.0 Å². The second-order valence-corrected chi connectivity index (χ2v) is 8.36. The second kappa shape index (κ2) is 6.21. The average Bonchev–Trinajstić information content (AvgIpc) is 3.03. The van der Waals surface area contributed by atoms with Gasteiger partial charge in [-0.05, 0) is 42.3 Å². The Morgan fingerprint density at radius 3 is 2.82 bits per heavy atom. The molecule has 1 saturated heterocycles. The minimum atomic E-state index is -3.56. The van der Waals surface area contributed by atoms with Crippen molar-refractivity contribution in [3.63, 3.8) is 0 Å². The van der Waals surface area contributed by atoms with Crippen LogP contribution in [-0.4, -0.2) is 31.7 Å². The molecule has 3 heterocycles. The van der Waals surface area contributed by atoms with Crippen molar-refractivity contribution >= 4 is 33.0 Å². The van der Waals surface area contributed by atoms with E-state index in [0.29, 0.717) is 5.92 Å². The van der Waals surface area contributed by atoms with E-state index >= 15 is 0 Å². The van der Waals surface area contributed by atoms with Gasteiger partial charge in [-0.3, -0.25) is 4.72 Å². The van der Waals surface area contributed by atoms with Gasteiger partial charge in [0.25, 0.3) is 10.0 Å². The smallest absolute Gasteiger partial charge is 0.272 e. The molecule has 0 aromatic carbocycles. The molecule has 1 atom stereocenters. The Morgan fingerprint density at radius 2 is 2.18 bits per heavy atom. The van der Waals surface area contributed by atoms with E-state index in [2.05, 4.69) is 26.7 Å². The summed E-state index contributed by atoms with van der Waals surface area (Å²) in [5.74, 6) is 1.68. The van der Waals surface area contributed by atoms with Crippen molar-refractivity contribution in [2.75, 3.05) is 22.7 Å². The Balaban J connectivity index is 1.72. The third-order valence-electron chi connectivity index (χ3n) is 3.63. The van der Waals surface area contributed by atoms with Crippen LogP contribution < -0.4 is 9.62 Å². The van der Waals surface area contributed by atoms with Gasteiger partial charge in [0.1, 0.15) is 4.21 Å². The predicted molar refractivity (Wildman–Crippen MR) is 87.8 cm³/mol. The van der Waals surface area contributed by atoms with Gasteiger partial charge < -0.3 is 4.90 Å². The predicted octanol–water partition coefficient (Wildman–Crippen LogP) is 2.58. The van der Waals surface area contributed by atoms with E-state index in [4.69, 9.17) is 0 Å². The molecule has 1 N–H and O–H groups in total. The van der Waals surface area contributed by atoms with E-state index in [1.807, 2.05) is 6.07 Å². The van der Waals surface area contributed by atoms with Crippen LogP contribution in [0.3, 0.4) is 0 Å². The molecule has 2 aromatic heterocycles. The van der Waals surface area contributed by atoms with E-state index in [0.717, 1.165) is 25.3 Å². The van der Waals surface area contributed by atoms with Crippen molar-refractivity contribution in [1.82, 2.24) is 10.2 Å². The number of piperidine rings is 1. The second-order valence-electron chi connectivity index (χ2n) is 5.51. The largest absolute Gasteiger partial charge is 0.355 e. The highest BCUT2D eigenvalue weighted by Gasteiger charge is 2.19. The maximum Gasteiger partial charge on any atom is 0.272 e. The number of nitrogens with zero attached hydrogens (tertiary/aromatic N) is 3. The van der Waals surface area contributed by atoms with Crippen LogP contribution in [0.5, 0.6) is 0 Å². The Morgan fingerprint density at radius 1 is 1.32 bits per heavy atom. The molecule has 0 amide bonds. The van der Waals surface area contributed by atoms with E-state index in [-0.39, 0.29) is 10.0 Å². The molecule has 0 radical (unpaired) electrons. The molecule has 22 heavy (non-hydrogen) atoms. The molecule has 0 saturated carbocycles.